The second-order valence-corrected chi connectivity index (χ2v) is 8.11. The quantitative estimate of drug-likeness (QED) is 0.529. The van der Waals surface area contributed by atoms with E-state index in [9.17, 15) is 9.18 Å². The van der Waals surface area contributed by atoms with E-state index in [0.717, 1.165) is 36.6 Å². The summed E-state index contributed by atoms with van der Waals surface area (Å²) in [5.74, 6) is -0.0954. The molecule has 0 spiro atoms. The number of allylic oxidation sites excluding steroid dienone is 2. The molecule has 2 atom stereocenters. The molecule has 0 bridgehead atoms. The molecule has 0 aromatic carbocycles. The molecule has 11 heteroatoms. The van der Waals surface area contributed by atoms with Gasteiger partial charge in [0.2, 0.25) is 0 Å². The van der Waals surface area contributed by atoms with Crippen LogP contribution in [0.1, 0.15) is 25.1 Å². The number of nitrogens with zero attached hydrogens (tertiary/aromatic N) is 3. The predicted molar refractivity (Wildman–Crippen MR) is 118 cm³/mol. The van der Waals surface area contributed by atoms with Crippen molar-refractivity contribution in [3.8, 4) is 0 Å². The van der Waals surface area contributed by atoms with Gasteiger partial charge in [-0.25, -0.2) is 19.2 Å². The summed E-state index contributed by atoms with van der Waals surface area (Å²) in [6.45, 7) is 1.50. The molecule has 1 unspecified atom stereocenters. The molecule has 1 aromatic heterocycles. The first kappa shape index (κ1) is 22.3. The minimum atomic E-state index is -0.560. The van der Waals surface area contributed by atoms with Crippen molar-refractivity contribution in [2.45, 2.75) is 31.5 Å². The zero-order chi connectivity index (χ0) is 22.5. The number of fused-ring (bicyclic) bond motifs is 1. The second kappa shape index (κ2) is 10.2. The summed E-state index contributed by atoms with van der Waals surface area (Å²) < 4.78 is 24.7. The number of nitrogens with one attached hydrogen (secondary N) is 3. The number of hydrogen-bond acceptors (Lipinski definition) is 8. The molecule has 32 heavy (non-hydrogen) atoms. The van der Waals surface area contributed by atoms with Crippen molar-refractivity contribution in [2.24, 2.45) is 0 Å². The summed E-state index contributed by atoms with van der Waals surface area (Å²) in [6.07, 6.45) is 8.63. The summed E-state index contributed by atoms with van der Waals surface area (Å²) in [6, 6.07) is -0.123. The summed E-state index contributed by atoms with van der Waals surface area (Å²) in [7, 11) is 1.55. The van der Waals surface area contributed by atoms with Crippen molar-refractivity contribution in [2.75, 3.05) is 38.7 Å². The van der Waals surface area contributed by atoms with Crippen molar-refractivity contribution in [3.05, 3.63) is 46.9 Å². The first-order valence-electron chi connectivity index (χ1n) is 10.6. The highest BCUT2D eigenvalue weighted by Gasteiger charge is 2.29. The Morgan fingerprint density at radius 2 is 2.19 bits per heavy atom. The number of carbonyl (C=O) groups is 1. The Hall–Kier alpha value is -2.85. The molecule has 4 rings (SSSR count). The highest BCUT2D eigenvalue weighted by molar-refractivity contribution is 6.31. The van der Waals surface area contributed by atoms with Crippen LogP contribution in [0.2, 0.25) is 0 Å². The van der Waals surface area contributed by atoms with Crippen LogP contribution in [0, 0.1) is 5.82 Å². The van der Waals surface area contributed by atoms with Gasteiger partial charge in [0.25, 0.3) is 0 Å². The van der Waals surface area contributed by atoms with Crippen LogP contribution in [0.3, 0.4) is 0 Å². The topological polar surface area (TPSA) is 101 Å². The average molecular weight is 465 g/mol. The number of hydrogen-bond donors (Lipinski definition) is 3. The van der Waals surface area contributed by atoms with Crippen molar-refractivity contribution < 1.29 is 18.7 Å². The number of ether oxygens (including phenoxy) is 2. The maximum absolute atomic E-state index is 14.5. The maximum Gasteiger partial charge on any atom is 0.410 e. The lowest BCUT2D eigenvalue weighted by Crippen LogP contribution is -2.47. The fourth-order valence-corrected chi connectivity index (χ4v) is 4.11. The Balaban J connectivity index is 1.44. The van der Waals surface area contributed by atoms with E-state index in [2.05, 4.69) is 25.9 Å². The zero-order valence-electron chi connectivity index (χ0n) is 17.7. The third kappa shape index (κ3) is 4.97. The highest BCUT2D eigenvalue weighted by atomic mass is 35.5. The number of carbonyl (C=O) groups excluding carboxylic acids is 1. The first-order valence-corrected chi connectivity index (χ1v) is 10.9. The molecule has 1 aromatic rings. The lowest BCUT2D eigenvalue weighted by Gasteiger charge is -2.35. The zero-order valence-corrected chi connectivity index (χ0v) is 18.5. The lowest BCUT2D eigenvalue weighted by atomic mass is 10.0. The van der Waals surface area contributed by atoms with Crippen molar-refractivity contribution in [3.63, 3.8) is 0 Å². The number of halogens is 2. The van der Waals surface area contributed by atoms with Gasteiger partial charge in [-0.1, -0.05) is 11.6 Å². The van der Waals surface area contributed by atoms with Crippen LogP contribution >= 0.6 is 11.6 Å². The molecule has 1 fully saturated rings. The van der Waals surface area contributed by atoms with Crippen molar-refractivity contribution in [1.29, 1.82) is 0 Å². The van der Waals surface area contributed by atoms with E-state index in [1.54, 1.807) is 24.4 Å². The number of anilines is 1. The molecule has 3 N–H and O–H groups in total. The molecular weight excluding hydrogens is 439 g/mol. The van der Waals surface area contributed by atoms with E-state index >= 15 is 0 Å². The van der Waals surface area contributed by atoms with E-state index in [-0.39, 0.29) is 30.7 Å². The summed E-state index contributed by atoms with van der Waals surface area (Å²) in [5, 5.41) is 9.92. The van der Waals surface area contributed by atoms with Crippen LogP contribution < -0.4 is 16.0 Å². The monoisotopic (exact) mass is 464 g/mol. The average Bonchev–Trinajstić information content (AvgIpc) is 3.22. The van der Waals surface area contributed by atoms with Crippen LogP contribution in [0.4, 0.5) is 15.0 Å². The van der Waals surface area contributed by atoms with Crippen LogP contribution in [0.15, 0.2) is 35.3 Å². The Kier molecular flexibility index (Phi) is 7.11. The maximum atomic E-state index is 14.5. The van der Waals surface area contributed by atoms with Gasteiger partial charge in [0, 0.05) is 43.7 Å². The Morgan fingerprint density at radius 1 is 1.34 bits per heavy atom. The molecule has 3 aliphatic heterocycles. The van der Waals surface area contributed by atoms with Crippen molar-refractivity contribution >= 4 is 29.1 Å². The van der Waals surface area contributed by atoms with Gasteiger partial charge in [0.05, 0.1) is 23.9 Å². The van der Waals surface area contributed by atoms with Gasteiger partial charge in [0.15, 0.2) is 17.5 Å². The summed E-state index contributed by atoms with van der Waals surface area (Å²) in [5.41, 5.74) is 1.62. The third-order valence-electron chi connectivity index (χ3n) is 5.56. The fraction of sp³-hybridized carbons (Fsp3) is 0.476. The van der Waals surface area contributed by atoms with Crippen LogP contribution in [0.5, 0.6) is 0 Å². The fourth-order valence-electron chi connectivity index (χ4n) is 3.92. The second-order valence-electron chi connectivity index (χ2n) is 7.67. The van der Waals surface area contributed by atoms with Gasteiger partial charge in [-0.2, -0.15) is 0 Å². The van der Waals surface area contributed by atoms with Crippen LogP contribution in [-0.2, 0) is 9.47 Å². The smallest absolute Gasteiger partial charge is 0.410 e. The standard InChI is InChI=1S/C21H26ClFN6O3/c1-31-6-7-32-21(30)29-5-3-2-4-14(29)10-25-20-17(23)12-27-19(28-20)16-11-26-18-15(16)8-13(22)9-24-18/h8-9,11-12,14,18,24,26H,2-7,10H2,1H3,(H,25,27,28)/t14-,18?/m1/s1. The summed E-state index contributed by atoms with van der Waals surface area (Å²) >= 11 is 6.11. The SMILES string of the molecule is COCCOC(=O)N1CCCC[C@@H]1CNc1nc(C2=CNC3NC=C(Cl)C=C23)ncc1F. The van der Waals surface area contributed by atoms with Gasteiger partial charge >= 0.3 is 6.09 Å². The van der Waals surface area contributed by atoms with Gasteiger partial charge in [-0.05, 0) is 25.3 Å². The minimum absolute atomic E-state index is 0.0867. The molecule has 9 nitrogen and oxygen atoms in total. The molecule has 3 aliphatic rings. The number of likely N-dealkylation sites (tertiary alicyclic amines) is 1. The van der Waals surface area contributed by atoms with Crippen LogP contribution in [0.25, 0.3) is 5.57 Å². The minimum Gasteiger partial charge on any atom is -0.447 e. The predicted octanol–water partition coefficient (Wildman–Crippen LogP) is 2.55. The molecule has 1 amide bonds. The van der Waals surface area contributed by atoms with E-state index in [0.29, 0.717) is 30.6 Å². The van der Waals surface area contributed by atoms with Gasteiger partial charge in [-0.3, -0.25) is 0 Å². The Bertz CT molecular complexity index is 953. The molecule has 1 saturated heterocycles. The Morgan fingerprint density at radius 3 is 3.03 bits per heavy atom. The normalized spacial score (nSPS) is 22.1. The van der Waals surface area contributed by atoms with E-state index in [1.807, 2.05) is 6.08 Å². The third-order valence-corrected chi connectivity index (χ3v) is 5.78. The number of dihydropyridines is 1. The molecule has 0 radical (unpaired) electrons. The number of methoxy groups -OCH3 is 1. The molecule has 0 saturated carbocycles. The number of amides is 1. The van der Waals surface area contributed by atoms with Gasteiger partial charge in [-0.15, -0.1) is 0 Å². The van der Waals surface area contributed by atoms with Crippen LogP contribution in [-0.4, -0.2) is 66.6 Å². The van der Waals surface area contributed by atoms with Gasteiger partial charge in [0.1, 0.15) is 12.8 Å². The van der Waals surface area contributed by atoms with E-state index in [4.69, 9.17) is 21.1 Å². The first-order chi connectivity index (χ1) is 15.6. The summed E-state index contributed by atoms with van der Waals surface area (Å²) in [4.78, 5) is 22.7. The molecular formula is C21H26ClFN6O3. The number of aromatic nitrogens is 2. The van der Waals surface area contributed by atoms with Crippen molar-refractivity contribution in [1.82, 2.24) is 25.5 Å². The number of piperidine rings is 1. The molecule has 172 valence electrons. The molecule has 0 aliphatic carbocycles. The lowest BCUT2D eigenvalue weighted by molar-refractivity contribution is 0.0545. The highest BCUT2D eigenvalue weighted by Crippen LogP contribution is 2.31. The Labute approximate surface area is 190 Å². The van der Waals surface area contributed by atoms with Gasteiger partial charge < -0.3 is 30.3 Å². The number of rotatable bonds is 7. The van der Waals surface area contributed by atoms with E-state index < -0.39 is 5.82 Å². The van der Waals surface area contributed by atoms with E-state index in [1.165, 1.54) is 0 Å². The largest absolute Gasteiger partial charge is 0.447 e. The molecule has 4 heterocycles.